The Hall–Kier alpha value is -1.68. The molecule has 0 N–H and O–H groups in total. The highest BCUT2D eigenvalue weighted by Gasteiger charge is 2.19. The van der Waals surface area contributed by atoms with Crippen LogP contribution in [0.2, 0.25) is 0 Å². The quantitative estimate of drug-likeness (QED) is 0.858. The van der Waals surface area contributed by atoms with Crippen molar-refractivity contribution in [2.24, 2.45) is 0 Å². The van der Waals surface area contributed by atoms with Crippen LogP contribution in [0.1, 0.15) is 35.4 Å². The Kier molecular flexibility index (Phi) is 4.57. The van der Waals surface area contributed by atoms with Crippen LogP contribution in [-0.2, 0) is 11.2 Å². The van der Waals surface area contributed by atoms with Crippen molar-refractivity contribution < 1.29 is 4.79 Å². The molecule has 3 nitrogen and oxygen atoms in total. The summed E-state index contributed by atoms with van der Waals surface area (Å²) in [6, 6.07) is 8.28. The van der Waals surface area contributed by atoms with E-state index in [4.69, 9.17) is 0 Å². The maximum atomic E-state index is 12.4. The summed E-state index contributed by atoms with van der Waals surface area (Å²) in [6.45, 7) is 5.95. The van der Waals surface area contributed by atoms with Gasteiger partial charge in [0.2, 0.25) is 5.91 Å². The summed E-state index contributed by atoms with van der Waals surface area (Å²) in [7, 11) is 0. The van der Waals surface area contributed by atoms with Gasteiger partial charge in [-0.05, 0) is 38.7 Å². The second kappa shape index (κ2) is 6.61. The number of rotatable bonds is 3. The van der Waals surface area contributed by atoms with Crippen molar-refractivity contribution in [3.63, 3.8) is 0 Å². The minimum atomic E-state index is 0.253. The number of benzene rings is 1. The van der Waals surface area contributed by atoms with Crippen molar-refractivity contribution >= 4 is 17.2 Å². The zero-order chi connectivity index (χ0) is 15.5. The van der Waals surface area contributed by atoms with E-state index in [-0.39, 0.29) is 5.91 Å². The van der Waals surface area contributed by atoms with Gasteiger partial charge in [0.15, 0.2) is 0 Å². The van der Waals surface area contributed by atoms with E-state index in [2.05, 4.69) is 24.0 Å². The summed E-state index contributed by atoms with van der Waals surface area (Å²) in [6.07, 6.45) is 4.03. The lowest BCUT2D eigenvalue weighted by molar-refractivity contribution is -0.131. The van der Waals surface area contributed by atoms with Crippen LogP contribution >= 0.6 is 11.3 Å². The van der Waals surface area contributed by atoms with E-state index in [0.29, 0.717) is 6.42 Å². The van der Waals surface area contributed by atoms with E-state index in [1.54, 1.807) is 11.3 Å². The summed E-state index contributed by atoms with van der Waals surface area (Å²) in [5, 5.41) is 1.03. The zero-order valence-corrected chi connectivity index (χ0v) is 14.1. The van der Waals surface area contributed by atoms with Crippen LogP contribution in [0.3, 0.4) is 0 Å². The molecule has 1 amide bonds. The largest absolute Gasteiger partial charge is 0.342 e. The number of thiazole rings is 1. The first kappa shape index (κ1) is 15.2. The van der Waals surface area contributed by atoms with Crippen LogP contribution in [0, 0.1) is 13.8 Å². The average molecular weight is 314 g/mol. The monoisotopic (exact) mass is 314 g/mol. The van der Waals surface area contributed by atoms with Crippen molar-refractivity contribution in [1.82, 2.24) is 9.88 Å². The molecule has 0 saturated carbocycles. The fraction of sp³-hybridized carbons (Fsp3) is 0.444. The Balaban J connectivity index is 1.78. The number of hydrogen-bond acceptors (Lipinski definition) is 3. The molecule has 1 aromatic heterocycles. The van der Waals surface area contributed by atoms with Crippen molar-refractivity contribution in [2.45, 2.75) is 39.5 Å². The van der Waals surface area contributed by atoms with Crippen molar-refractivity contribution in [2.75, 3.05) is 13.1 Å². The molecule has 0 spiro atoms. The Morgan fingerprint density at radius 1 is 1.18 bits per heavy atom. The molecule has 1 fully saturated rings. The molecule has 0 aliphatic carbocycles. The fourth-order valence-electron chi connectivity index (χ4n) is 2.91. The number of aromatic nitrogens is 1. The Bertz CT molecular complexity index is 671. The summed E-state index contributed by atoms with van der Waals surface area (Å²) < 4.78 is 0. The van der Waals surface area contributed by atoms with Gasteiger partial charge in [-0.3, -0.25) is 4.79 Å². The van der Waals surface area contributed by atoms with Gasteiger partial charge in [-0.1, -0.05) is 24.3 Å². The van der Waals surface area contributed by atoms with E-state index in [9.17, 15) is 4.79 Å². The second-order valence-electron chi connectivity index (χ2n) is 5.96. The summed E-state index contributed by atoms with van der Waals surface area (Å²) in [5.41, 5.74) is 3.39. The van der Waals surface area contributed by atoms with Gasteiger partial charge in [0.05, 0.1) is 12.1 Å². The topological polar surface area (TPSA) is 33.2 Å². The lowest BCUT2D eigenvalue weighted by atomic mass is 10.1. The van der Waals surface area contributed by atoms with E-state index in [1.165, 1.54) is 17.5 Å². The van der Waals surface area contributed by atoms with Crippen LogP contribution in [0.25, 0.3) is 10.6 Å². The maximum Gasteiger partial charge on any atom is 0.227 e. The summed E-state index contributed by atoms with van der Waals surface area (Å²) in [4.78, 5) is 20.2. The smallest absolute Gasteiger partial charge is 0.227 e. The standard InChI is InChI=1S/C18H22N2OS/c1-13-8-4-5-9-15(13)18-19-14(2)16(22-18)12-17(21)20-10-6-3-7-11-20/h4-5,8-9H,3,6-7,10-12H2,1-2H3. The number of carbonyl (C=O) groups is 1. The van der Waals surface area contributed by atoms with E-state index < -0.39 is 0 Å². The highest BCUT2D eigenvalue weighted by Crippen LogP contribution is 2.30. The lowest BCUT2D eigenvalue weighted by Gasteiger charge is -2.26. The minimum Gasteiger partial charge on any atom is -0.342 e. The molecular formula is C18H22N2OS. The molecule has 4 heteroatoms. The first-order valence-corrected chi connectivity index (χ1v) is 8.77. The van der Waals surface area contributed by atoms with Gasteiger partial charge >= 0.3 is 0 Å². The number of likely N-dealkylation sites (tertiary alicyclic amines) is 1. The summed E-state index contributed by atoms with van der Waals surface area (Å²) in [5.74, 6) is 0.253. The van der Waals surface area contributed by atoms with E-state index in [1.807, 2.05) is 24.0 Å². The van der Waals surface area contributed by atoms with E-state index in [0.717, 1.165) is 41.5 Å². The molecule has 0 atom stereocenters. The normalized spacial score (nSPS) is 15.1. The molecular weight excluding hydrogens is 292 g/mol. The van der Waals surface area contributed by atoms with Crippen LogP contribution in [-0.4, -0.2) is 28.9 Å². The molecule has 1 aliphatic rings. The molecule has 116 valence electrons. The highest BCUT2D eigenvalue weighted by atomic mass is 32.1. The molecule has 1 aromatic carbocycles. The van der Waals surface area contributed by atoms with Gasteiger partial charge in [0.1, 0.15) is 5.01 Å². The van der Waals surface area contributed by atoms with Crippen molar-refractivity contribution in [1.29, 1.82) is 0 Å². The number of piperidine rings is 1. The predicted octanol–water partition coefficient (Wildman–Crippen LogP) is 3.98. The minimum absolute atomic E-state index is 0.253. The number of hydrogen-bond donors (Lipinski definition) is 0. The fourth-order valence-corrected chi connectivity index (χ4v) is 4.06. The molecule has 1 saturated heterocycles. The summed E-state index contributed by atoms with van der Waals surface area (Å²) >= 11 is 1.66. The molecule has 2 aromatic rings. The van der Waals surface area contributed by atoms with Gasteiger partial charge in [-0.25, -0.2) is 4.98 Å². The molecule has 22 heavy (non-hydrogen) atoms. The van der Waals surface area contributed by atoms with Gasteiger partial charge in [0.25, 0.3) is 0 Å². The van der Waals surface area contributed by atoms with Crippen LogP contribution in [0.15, 0.2) is 24.3 Å². The zero-order valence-electron chi connectivity index (χ0n) is 13.3. The second-order valence-corrected chi connectivity index (χ2v) is 7.04. The van der Waals surface area contributed by atoms with Gasteiger partial charge in [-0.15, -0.1) is 11.3 Å². The Labute approximate surface area is 136 Å². The van der Waals surface area contributed by atoms with Gasteiger partial charge in [0, 0.05) is 23.5 Å². The molecule has 3 rings (SSSR count). The highest BCUT2D eigenvalue weighted by molar-refractivity contribution is 7.15. The lowest BCUT2D eigenvalue weighted by Crippen LogP contribution is -2.36. The number of carbonyl (C=O) groups excluding carboxylic acids is 1. The van der Waals surface area contributed by atoms with Crippen LogP contribution in [0.4, 0.5) is 0 Å². The number of nitrogens with zero attached hydrogens (tertiary/aromatic N) is 2. The first-order chi connectivity index (χ1) is 10.6. The Morgan fingerprint density at radius 2 is 1.91 bits per heavy atom. The Morgan fingerprint density at radius 3 is 2.64 bits per heavy atom. The molecule has 0 unspecified atom stereocenters. The molecule has 1 aliphatic heterocycles. The first-order valence-electron chi connectivity index (χ1n) is 7.95. The van der Waals surface area contributed by atoms with Crippen LogP contribution in [0.5, 0.6) is 0 Å². The van der Waals surface area contributed by atoms with Crippen molar-refractivity contribution in [3.05, 3.63) is 40.4 Å². The number of aryl methyl sites for hydroxylation is 2. The van der Waals surface area contributed by atoms with Gasteiger partial charge < -0.3 is 4.90 Å². The predicted molar refractivity (Wildman–Crippen MR) is 91.2 cm³/mol. The van der Waals surface area contributed by atoms with E-state index >= 15 is 0 Å². The third kappa shape index (κ3) is 3.22. The number of amides is 1. The molecule has 0 radical (unpaired) electrons. The SMILES string of the molecule is Cc1ccccc1-c1nc(C)c(CC(=O)N2CCCCC2)s1. The van der Waals surface area contributed by atoms with Gasteiger partial charge in [-0.2, -0.15) is 0 Å². The maximum absolute atomic E-state index is 12.4. The van der Waals surface area contributed by atoms with Crippen molar-refractivity contribution in [3.8, 4) is 10.6 Å². The molecule has 2 heterocycles. The van der Waals surface area contributed by atoms with Crippen LogP contribution < -0.4 is 0 Å². The third-order valence-corrected chi connectivity index (χ3v) is 5.48. The third-order valence-electron chi connectivity index (χ3n) is 4.29. The average Bonchev–Trinajstić information content (AvgIpc) is 2.89. The molecule has 0 bridgehead atoms.